The lowest BCUT2D eigenvalue weighted by molar-refractivity contribution is 0.0948. The van der Waals surface area contributed by atoms with Crippen molar-refractivity contribution in [2.75, 3.05) is 6.54 Å². The van der Waals surface area contributed by atoms with E-state index in [1.165, 1.54) is 9.38 Å². The number of para-hydroxylation sites is 1. The summed E-state index contributed by atoms with van der Waals surface area (Å²) >= 11 is 1.68. The summed E-state index contributed by atoms with van der Waals surface area (Å²) in [7, 11) is 1.55. The second-order valence-electron chi connectivity index (χ2n) is 6.26. The highest BCUT2D eigenvalue weighted by Crippen LogP contribution is 2.22. The maximum Gasteiger partial charge on any atom is 0.274 e. The number of aromatic nitrogens is 3. The Kier molecular flexibility index (Phi) is 4.68. The van der Waals surface area contributed by atoms with Crippen LogP contribution in [0.15, 0.2) is 53.3 Å². The Morgan fingerprint density at radius 2 is 1.85 bits per heavy atom. The molecule has 2 aromatic heterocycles. The van der Waals surface area contributed by atoms with Crippen LogP contribution >= 0.6 is 11.3 Å². The molecule has 2 heterocycles. The maximum atomic E-state index is 12.6. The SMILES string of the molecule is Cn1nc(C(=O)NCCCc2nc3ccccc3s2)c2ccccc2c1=O. The summed E-state index contributed by atoms with van der Waals surface area (Å²) in [5.41, 5.74) is 1.08. The Balaban J connectivity index is 1.43. The Labute approximate surface area is 159 Å². The van der Waals surface area contributed by atoms with Gasteiger partial charge in [-0.05, 0) is 24.6 Å². The van der Waals surface area contributed by atoms with E-state index in [1.54, 1.807) is 42.6 Å². The Hall–Kier alpha value is -3.06. The van der Waals surface area contributed by atoms with Gasteiger partial charge in [-0.3, -0.25) is 9.59 Å². The Morgan fingerprint density at radius 1 is 1.11 bits per heavy atom. The highest BCUT2D eigenvalue weighted by molar-refractivity contribution is 7.18. The number of fused-ring (bicyclic) bond motifs is 2. The average Bonchev–Trinajstić information content (AvgIpc) is 3.11. The van der Waals surface area contributed by atoms with Crippen LogP contribution in [0, 0.1) is 0 Å². The van der Waals surface area contributed by atoms with Crippen molar-refractivity contribution in [1.82, 2.24) is 20.1 Å². The van der Waals surface area contributed by atoms with Crippen LogP contribution in [0.1, 0.15) is 21.9 Å². The largest absolute Gasteiger partial charge is 0.351 e. The first-order chi connectivity index (χ1) is 13.1. The van der Waals surface area contributed by atoms with Crippen molar-refractivity contribution >= 4 is 38.2 Å². The lowest BCUT2D eigenvalue weighted by Gasteiger charge is -2.08. The number of nitrogens with zero attached hydrogens (tertiary/aromatic N) is 3. The number of benzene rings is 2. The van der Waals surface area contributed by atoms with Crippen LogP contribution in [0.3, 0.4) is 0 Å². The number of nitrogens with one attached hydrogen (secondary N) is 1. The van der Waals surface area contributed by atoms with Gasteiger partial charge in [0, 0.05) is 25.4 Å². The topological polar surface area (TPSA) is 76.9 Å². The van der Waals surface area contributed by atoms with E-state index < -0.39 is 0 Å². The summed E-state index contributed by atoms with van der Waals surface area (Å²) in [6.45, 7) is 0.521. The molecule has 0 saturated carbocycles. The molecule has 6 nitrogen and oxygen atoms in total. The van der Waals surface area contributed by atoms with Gasteiger partial charge in [-0.2, -0.15) is 5.10 Å². The molecule has 27 heavy (non-hydrogen) atoms. The number of hydrogen-bond donors (Lipinski definition) is 1. The maximum absolute atomic E-state index is 12.6. The monoisotopic (exact) mass is 378 g/mol. The summed E-state index contributed by atoms with van der Waals surface area (Å²) in [5.74, 6) is -0.272. The number of carbonyl (C=O) groups is 1. The van der Waals surface area contributed by atoms with Crippen LogP contribution in [-0.2, 0) is 13.5 Å². The van der Waals surface area contributed by atoms with E-state index in [1.807, 2.05) is 18.2 Å². The van der Waals surface area contributed by atoms with Crippen molar-refractivity contribution in [2.45, 2.75) is 12.8 Å². The Bertz CT molecular complexity index is 1160. The minimum Gasteiger partial charge on any atom is -0.351 e. The average molecular weight is 378 g/mol. The smallest absolute Gasteiger partial charge is 0.274 e. The van der Waals surface area contributed by atoms with E-state index in [0.29, 0.717) is 17.3 Å². The van der Waals surface area contributed by atoms with Crippen LogP contribution in [-0.4, -0.2) is 27.2 Å². The van der Waals surface area contributed by atoms with Gasteiger partial charge < -0.3 is 5.32 Å². The lowest BCUT2D eigenvalue weighted by Crippen LogP contribution is -2.30. The van der Waals surface area contributed by atoms with Gasteiger partial charge in [0.25, 0.3) is 11.5 Å². The standard InChI is InChI=1S/C20H18N4O2S/c1-24-20(26)14-8-3-2-7-13(14)18(23-24)19(25)21-12-6-11-17-22-15-9-4-5-10-16(15)27-17/h2-5,7-10H,6,11-12H2,1H3,(H,21,25). The quantitative estimate of drug-likeness (QED) is 0.542. The summed E-state index contributed by atoms with van der Waals surface area (Å²) < 4.78 is 2.38. The molecule has 4 rings (SSSR count). The predicted molar refractivity (Wildman–Crippen MR) is 107 cm³/mol. The van der Waals surface area contributed by atoms with E-state index >= 15 is 0 Å². The molecule has 7 heteroatoms. The van der Waals surface area contributed by atoms with Crippen LogP contribution in [0.4, 0.5) is 0 Å². The van der Waals surface area contributed by atoms with Gasteiger partial charge in [0.1, 0.15) is 0 Å². The summed E-state index contributed by atoms with van der Waals surface area (Å²) in [6, 6.07) is 15.1. The molecule has 0 aliphatic rings. The molecule has 0 saturated heterocycles. The molecule has 0 spiro atoms. The lowest BCUT2D eigenvalue weighted by atomic mass is 10.1. The van der Waals surface area contributed by atoms with Crippen molar-refractivity contribution in [2.24, 2.45) is 7.05 Å². The van der Waals surface area contributed by atoms with Crippen molar-refractivity contribution in [3.8, 4) is 0 Å². The van der Waals surface area contributed by atoms with Gasteiger partial charge in [0.15, 0.2) is 5.69 Å². The van der Waals surface area contributed by atoms with Crippen molar-refractivity contribution < 1.29 is 4.79 Å². The number of thiazole rings is 1. The molecule has 0 radical (unpaired) electrons. The van der Waals surface area contributed by atoms with Gasteiger partial charge in [0.2, 0.25) is 0 Å². The van der Waals surface area contributed by atoms with E-state index in [9.17, 15) is 9.59 Å². The van der Waals surface area contributed by atoms with Gasteiger partial charge in [0.05, 0.1) is 20.6 Å². The zero-order valence-electron chi connectivity index (χ0n) is 14.8. The molecule has 0 unspecified atom stereocenters. The Morgan fingerprint density at radius 3 is 2.67 bits per heavy atom. The van der Waals surface area contributed by atoms with Crippen LogP contribution < -0.4 is 10.9 Å². The van der Waals surface area contributed by atoms with E-state index in [0.717, 1.165) is 23.4 Å². The fraction of sp³-hybridized carbons (Fsp3) is 0.200. The number of hydrogen-bond acceptors (Lipinski definition) is 5. The third kappa shape index (κ3) is 3.46. The molecular weight excluding hydrogens is 360 g/mol. The molecule has 2 aromatic carbocycles. The van der Waals surface area contributed by atoms with Gasteiger partial charge in [-0.25, -0.2) is 9.67 Å². The first kappa shape index (κ1) is 17.4. The predicted octanol–water partition coefficient (Wildman–Crippen LogP) is 2.91. The molecule has 136 valence electrons. The number of amides is 1. The fourth-order valence-electron chi connectivity index (χ4n) is 3.02. The van der Waals surface area contributed by atoms with E-state index in [4.69, 9.17) is 0 Å². The second kappa shape index (κ2) is 7.28. The highest BCUT2D eigenvalue weighted by atomic mass is 32.1. The molecule has 0 bridgehead atoms. The van der Waals surface area contributed by atoms with Gasteiger partial charge >= 0.3 is 0 Å². The normalized spacial score (nSPS) is 11.1. The summed E-state index contributed by atoms with van der Waals surface area (Å²) in [4.78, 5) is 29.3. The molecule has 0 aliphatic carbocycles. The third-order valence-electron chi connectivity index (χ3n) is 4.36. The molecule has 0 atom stereocenters. The van der Waals surface area contributed by atoms with E-state index in [2.05, 4.69) is 21.5 Å². The molecule has 4 aromatic rings. The minimum absolute atomic E-state index is 0.210. The fourth-order valence-corrected chi connectivity index (χ4v) is 4.03. The van der Waals surface area contributed by atoms with Crippen molar-refractivity contribution in [3.63, 3.8) is 0 Å². The zero-order chi connectivity index (χ0) is 18.8. The summed E-state index contributed by atoms with van der Waals surface area (Å²) in [5, 5.41) is 9.18. The van der Waals surface area contributed by atoms with Crippen LogP contribution in [0.5, 0.6) is 0 Å². The molecule has 0 aliphatic heterocycles. The number of aryl methyl sites for hydroxylation is 2. The first-order valence-corrected chi connectivity index (χ1v) is 9.54. The molecule has 0 fully saturated rings. The third-order valence-corrected chi connectivity index (χ3v) is 5.46. The molecule has 1 amide bonds. The highest BCUT2D eigenvalue weighted by Gasteiger charge is 2.15. The van der Waals surface area contributed by atoms with Crippen molar-refractivity contribution in [1.29, 1.82) is 0 Å². The van der Waals surface area contributed by atoms with Crippen LogP contribution in [0.2, 0.25) is 0 Å². The van der Waals surface area contributed by atoms with Crippen molar-refractivity contribution in [3.05, 3.63) is 69.6 Å². The minimum atomic E-state index is -0.272. The first-order valence-electron chi connectivity index (χ1n) is 8.72. The van der Waals surface area contributed by atoms with Gasteiger partial charge in [-0.15, -0.1) is 11.3 Å². The molecule has 1 N–H and O–H groups in total. The number of carbonyl (C=O) groups excluding carboxylic acids is 1. The molecular formula is C20H18N4O2S. The van der Waals surface area contributed by atoms with E-state index in [-0.39, 0.29) is 17.2 Å². The second-order valence-corrected chi connectivity index (χ2v) is 7.37. The zero-order valence-corrected chi connectivity index (χ0v) is 15.6. The van der Waals surface area contributed by atoms with Gasteiger partial charge in [-0.1, -0.05) is 30.3 Å². The van der Waals surface area contributed by atoms with Crippen LogP contribution in [0.25, 0.3) is 21.0 Å². The number of rotatable bonds is 5. The summed E-state index contributed by atoms with van der Waals surface area (Å²) in [6.07, 6.45) is 1.59.